The highest BCUT2D eigenvalue weighted by atomic mass is 32.2. The number of nitrogens with one attached hydrogen (secondary N) is 1. The number of unbranched alkanes of at least 4 members (excludes halogenated alkanes) is 1. The molecule has 0 saturated carbocycles. The van der Waals surface area contributed by atoms with Gasteiger partial charge in [0, 0.05) is 32.1 Å². The molecule has 2 aromatic carbocycles. The average molecular weight is 532 g/mol. The number of carbonyl (C=O) groups is 2. The highest BCUT2D eigenvalue weighted by Crippen LogP contribution is 2.36. The molecular formula is C27H37N3O6S. The first-order valence-corrected chi connectivity index (χ1v) is 14.5. The fourth-order valence-corrected chi connectivity index (χ4v) is 5.09. The molecule has 0 fully saturated rings. The van der Waals surface area contributed by atoms with Crippen LogP contribution in [0.25, 0.3) is 0 Å². The number of benzene rings is 2. The average Bonchev–Trinajstić information content (AvgIpc) is 3.33. The van der Waals surface area contributed by atoms with Crippen LogP contribution in [0, 0.1) is 6.92 Å². The van der Waals surface area contributed by atoms with Crippen LogP contribution in [0.5, 0.6) is 11.5 Å². The molecule has 3 rings (SSSR count). The maximum atomic E-state index is 13.4. The smallest absolute Gasteiger partial charge is 0.242 e. The molecule has 0 spiro atoms. The van der Waals surface area contributed by atoms with Crippen molar-refractivity contribution < 1.29 is 27.5 Å². The number of nitrogens with zero attached hydrogens (tertiary/aromatic N) is 2. The molecule has 1 aliphatic heterocycles. The van der Waals surface area contributed by atoms with Crippen LogP contribution in [-0.2, 0) is 26.2 Å². The molecule has 0 aliphatic carbocycles. The van der Waals surface area contributed by atoms with Crippen molar-refractivity contribution >= 4 is 27.5 Å². The summed E-state index contributed by atoms with van der Waals surface area (Å²) in [6.45, 7) is 6.81. The third kappa shape index (κ3) is 7.61. The second-order valence-corrected chi connectivity index (χ2v) is 11.2. The highest BCUT2D eigenvalue weighted by molar-refractivity contribution is 7.92. The molecule has 10 heteroatoms. The van der Waals surface area contributed by atoms with E-state index in [1.165, 1.54) is 4.31 Å². The quantitative estimate of drug-likeness (QED) is 0.396. The van der Waals surface area contributed by atoms with E-state index in [1.54, 1.807) is 30.0 Å². The molecule has 9 nitrogen and oxygen atoms in total. The van der Waals surface area contributed by atoms with Gasteiger partial charge in [-0.2, -0.15) is 0 Å². The first-order chi connectivity index (χ1) is 17.6. The molecule has 0 aromatic heterocycles. The van der Waals surface area contributed by atoms with Crippen molar-refractivity contribution in [2.75, 3.05) is 30.4 Å². The van der Waals surface area contributed by atoms with Gasteiger partial charge in [-0.05, 0) is 49.9 Å². The number of carbonyl (C=O) groups excluding carboxylic acids is 2. The molecule has 2 aromatic rings. The van der Waals surface area contributed by atoms with Gasteiger partial charge < -0.3 is 19.7 Å². The predicted molar refractivity (Wildman–Crippen MR) is 143 cm³/mol. The Labute approximate surface area is 219 Å². The summed E-state index contributed by atoms with van der Waals surface area (Å²) in [5.41, 5.74) is 2.44. The minimum atomic E-state index is -3.60. The van der Waals surface area contributed by atoms with Crippen LogP contribution in [-0.4, -0.2) is 57.3 Å². The molecule has 2 amide bonds. The zero-order chi connectivity index (χ0) is 27.0. The first-order valence-electron chi connectivity index (χ1n) is 12.6. The molecule has 1 heterocycles. The molecular weight excluding hydrogens is 494 g/mol. The Morgan fingerprint density at radius 2 is 1.81 bits per heavy atom. The topological polar surface area (TPSA) is 105 Å². The molecule has 0 bridgehead atoms. The van der Waals surface area contributed by atoms with Crippen LogP contribution in [0.2, 0.25) is 0 Å². The fourth-order valence-electron chi connectivity index (χ4n) is 4.13. The van der Waals surface area contributed by atoms with E-state index >= 15 is 0 Å². The van der Waals surface area contributed by atoms with Crippen molar-refractivity contribution in [1.82, 2.24) is 10.2 Å². The maximum Gasteiger partial charge on any atom is 0.242 e. The molecule has 0 radical (unpaired) electrons. The summed E-state index contributed by atoms with van der Waals surface area (Å²) in [5.74, 6) is 0.633. The minimum Gasteiger partial charge on any atom is -0.454 e. The Balaban J connectivity index is 1.72. The summed E-state index contributed by atoms with van der Waals surface area (Å²) < 4.78 is 37.1. The minimum absolute atomic E-state index is 0.0904. The highest BCUT2D eigenvalue weighted by Gasteiger charge is 2.27. The number of anilines is 1. The fraction of sp³-hybridized carbons (Fsp3) is 0.481. The van der Waals surface area contributed by atoms with Gasteiger partial charge in [0.2, 0.25) is 28.6 Å². The molecule has 1 N–H and O–H groups in total. The van der Waals surface area contributed by atoms with Crippen molar-refractivity contribution in [2.24, 2.45) is 0 Å². The van der Waals surface area contributed by atoms with Gasteiger partial charge in [-0.1, -0.05) is 37.6 Å². The third-order valence-corrected chi connectivity index (χ3v) is 7.59. The number of ether oxygens (including phenoxy) is 2. The SMILES string of the molecule is CCCCNC(=O)C(C)N(Cc1ccccc1C)C(=O)CCCN(c1ccc2c(c1)OCO2)S(C)(=O)=O. The third-order valence-electron chi connectivity index (χ3n) is 6.40. The largest absolute Gasteiger partial charge is 0.454 e. The van der Waals surface area contributed by atoms with Crippen molar-refractivity contribution in [2.45, 2.75) is 59.0 Å². The summed E-state index contributed by atoms with van der Waals surface area (Å²) >= 11 is 0. The van der Waals surface area contributed by atoms with Crippen LogP contribution in [0.4, 0.5) is 5.69 Å². The van der Waals surface area contributed by atoms with E-state index in [4.69, 9.17) is 9.47 Å². The van der Waals surface area contributed by atoms with E-state index in [2.05, 4.69) is 5.32 Å². The standard InChI is InChI=1S/C27H37N3O6S/c1-5-6-15-28-27(32)21(3)29(18-22-11-8-7-10-20(22)2)26(31)12-9-16-30(37(4,33)34)23-13-14-24-25(17-23)36-19-35-24/h7-8,10-11,13-14,17,21H,5-6,9,12,15-16,18-19H2,1-4H3,(H,28,32). The Morgan fingerprint density at radius 3 is 2.51 bits per heavy atom. The van der Waals surface area contributed by atoms with Gasteiger partial charge in [0.25, 0.3) is 0 Å². The van der Waals surface area contributed by atoms with E-state index in [-0.39, 0.29) is 38.0 Å². The van der Waals surface area contributed by atoms with Crippen LogP contribution in [0.1, 0.15) is 50.7 Å². The van der Waals surface area contributed by atoms with Gasteiger partial charge in [-0.25, -0.2) is 8.42 Å². The van der Waals surface area contributed by atoms with E-state index in [1.807, 2.05) is 38.1 Å². The van der Waals surface area contributed by atoms with Crippen LogP contribution >= 0.6 is 0 Å². The van der Waals surface area contributed by atoms with E-state index in [0.29, 0.717) is 30.3 Å². The second kappa shape index (κ2) is 12.8. The Kier molecular flexibility index (Phi) is 9.79. The lowest BCUT2D eigenvalue weighted by Gasteiger charge is -2.30. The van der Waals surface area contributed by atoms with Crippen LogP contribution in [0.15, 0.2) is 42.5 Å². The lowest BCUT2D eigenvalue weighted by molar-refractivity contribution is -0.140. The second-order valence-electron chi connectivity index (χ2n) is 9.24. The van der Waals surface area contributed by atoms with Crippen LogP contribution in [0.3, 0.4) is 0 Å². The molecule has 202 valence electrons. The van der Waals surface area contributed by atoms with Gasteiger partial charge in [0.1, 0.15) is 6.04 Å². The Morgan fingerprint density at radius 1 is 1.08 bits per heavy atom. The van der Waals surface area contributed by atoms with Gasteiger partial charge in [-0.15, -0.1) is 0 Å². The van der Waals surface area contributed by atoms with Gasteiger partial charge in [0.15, 0.2) is 11.5 Å². The number of amides is 2. The number of fused-ring (bicyclic) bond motifs is 1. The Bertz CT molecular complexity index is 1200. The maximum absolute atomic E-state index is 13.4. The molecule has 37 heavy (non-hydrogen) atoms. The Hall–Kier alpha value is -3.27. The lowest BCUT2D eigenvalue weighted by Crippen LogP contribution is -2.48. The number of sulfonamides is 1. The van der Waals surface area contributed by atoms with Gasteiger partial charge in [-0.3, -0.25) is 13.9 Å². The number of aryl methyl sites for hydroxylation is 1. The van der Waals surface area contributed by atoms with Crippen molar-refractivity contribution in [3.05, 3.63) is 53.6 Å². The van der Waals surface area contributed by atoms with E-state index in [9.17, 15) is 18.0 Å². The van der Waals surface area contributed by atoms with Crippen molar-refractivity contribution in [3.8, 4) is 11.5 Å². The molecule has 0 saturated heterocycles. The predicted octanol–water partition coefficient (Wildman–Crippen LogP) is 3.60. The summed E-state index contributed by atoms with van der Waals surface area (Å²) in [4.78, 5) is 27.8. The zero-order valence-electron chi connectivity index (χ0n) is 22.0. The normalized spacial score (nSPS) is 13.2. The summed E-state index contributed by atoms with van der Waals surface area (Å²) in [6.07, 6.45) is 3.34. The van der Waals surface area contributed by atoms with Gasteiger partial charge in [0.05, 0.1) is 11.9 Å². The van der Waals surface area contributed by atoms with Crippen LogP contribution < -0.4 is 19.1 Å². The monoisotopic (exact) mass is 531 g/mol. The lowest BCUT2D eigenvalue weighted by atomic mass is 10.1. The molecule has 1 aliphatic rings. The van der Waals surface area contributed by atoms with E-state index in [0.717, 1.165) is 30.2 Å². The summed E-state index contributed by atoms with van der Waals surface area (Å²) in [6, 6.07) is 12.0. The molecule has 1 unspecified atom stereocenters. The number of rotatable bonds is 13. The number of hydrogen-bond donors (Lipinski definition) is 1. The first kappa shape index (κ1) is 28.3. The summed E-state index contributed by atoms with van der Waals surface area (Å²) in [5, 5.41) is 2.91. The van der Waals surface area contributed by atoms with Crippen molar-refractivity contribution in [3.63, 3.8) is 0 Å². The van der Waals surface area contributed by atoms with Crippen molar-refractivity contribution in [1.29, 1.82) is 0 Å². The summed E-state index contributed by atoms with van der Waals surface area (Å²) in [7, 11) is -3.60. The zero-order valence-corrected chi connectivity index (χ0v) is 22.8. The van der Waals surface area contributed by atoms with E-state index < -0.39 is 16.1 Å². The van der Waals surface area contributed by atoms with Gasteiger partial charge >= 0.3 is 0 Å². The molecule has 1 atom stereocenters. The number of hydrogen-bond acceptors (Lipinski definition) is 6.